The molecule has 6 heteroatoms. The van der Waals surface area contributed by atoms with E-state index in [1.54, 1.807) is 11.9 Å². The van der Waals surface area contributed by atoms with Gasteiger partial charge in [-0.15, -0.1) is 0 Å². The van der Waals surface area contributed by atoms with Crippen molar-refractivity contribution in [2.24, 2.45) is 0 Å². The van der Waals surface area contributed by atoms with Gasteiger partial charge >= 0.3 is 6.03 Å². The minimum Gasteiger partial charge on any atom is -0.339 e. The van der Waals surface area contributed by atoms with Crippen molar-refractivity contribution >= 4 is 27.9 Å². The van der Waals surface area contributed by atoms with Crippen LogP contribution >= 0.6 is 15.9 Å². The summed E-state index contributed by atoms with van der Waals surface area (Å²) in [6.07, 6.45) is 3.22. The van der Waals surface area contributed by atoms with Gasteiger partial charge in [0.25, 0.3) is 0 Å². The molecule has 0 saturated heterocycles. The number of amides is 3. The number of likely N-dealkylation sites (N-methyl/N-ethyl adjacent to an activating group) is 1. The number of rotatable bonds is 6. The molecule has 0 aromatic heterocycles. The van der Waals surface area contributed by atoms with Gasteiger partial charge in [-0.2, -0.15) is 0 Å². The van der Waals surface area contributed by atoms with Gasteiger partial charge in [-0.05, 0) is 30.0 Å². The second-order valence-corrected chi connectivity index (χ2v) is 8.19. The molecule has 148 valence electrons. The van der Waals surface area contributed by atoms with Crippen molar-refractivity contribution in [2.75, 3.05) is 7.05 Å². The molecule has 3 rings (SSSR count). The molecule has 0 aliphatic heterocycles. The number of hydrogen-bond acceptors (Lipinski definition) is 2. The third-order valence-corrected chi connectivity index (χ3v) is 6.00. The van der Waals surface area contributed by atoms with Crippen LogP contribution in [0.1, 0.15) is 36.8 Å². The molecule has 1 fully saturated rings. The Labute approximate surface area is 174 Å². The smallest absolute Gasteiger partial charge is 0.315 e. The van der Waals surface area contributed by atoms with Crippen molar-refractivity contribution in [3.8, 4) is 0 Å². The van der Waals surface area contributed by atoms with Crippen molar-refractivity contribution in [3.63, 3.8) is 0 Å². The van der Waals surface area contributed by atoms with Crippen LogP contribution in [0.3, 0.4) is 0 Å². The molecular formula is C22H26BrN3O2. The van der Waals surface area contributed by atoms with Crippen molar-refractivity contribution < 1.29 is 9.59 Å². The molecule has 0 atom stereocenters. The fourth-order valence-corrected chi connectivity index (χ4v) is 4.14. The van der Waals surface area contributed by atoms with Crippen LogP contribution in [0.25, 0.3) is 0 Å². The Hall–Kier alpha value is -2.34. The van der Waals surface area contributed by atoms with Gasteiger partial charge in [-0.3, -0.25) is 4.79 Å². The van der Waals surface area contributed by atoms with E-state index in [1.165, 1.54) is 0 Å². The molecule has 5 nitrogen and oxygen atoms in total. The highest BCUT2D eigenvalue weighted by atomic mass is 79.9. The minimum absolute atomic E-state index is 0.0318. The largest absolute Gasteiger partial charge is 0.339 e. The van der Waals surface area contributed by atoms with E-state index in [9.17, 15) is 9.59 Å². The van der Waals surface area contributed by atoms with Gasteiger partial charge < -0.3 is 15.5 Å². The molecule has 2 aromatic rings. The Morgan fingerprint density at radius 2 is 1.68 bits per heavy atom. The van der Waals surface area contributed by atoms with Crippen LogP contribution in [0.2, 0.25) is 0 Å². The van der Waals surface area contributed by atoms with Gasteiger partial charge in [0.05, 0.1) is 0 Å². The molecule has 28 heavy (non-hydrogen) atoms. The lowest BCUT2D eigenvalue weighted by molar-refractivity contribution is -0.137. The lowest BCUT2D eigenvalue weighted by atomic mass is 9.95. The molecule has 1 aliphatic carbocycles. The quantitative estimate of drug-likeness (QED) is 0.701. The molecule has 2 aromatic carbocycles. The fraction of sp³-hybridized carbons (Fsp3) is 0.364. The van der Waals surface area contributed by atoms with Gasteiger partial charge in [-0.25, -0.2) is 4.79 Å². The number of benzene rings is 2. The van der Waals surface area contributed by atoms with Gasteiger partial charge in [0.1, 0.15) is 5.54 Å². The van der Waals surface area contributed by atoms with Crippen LogP contribution in [0, 0.1) is 0 Å². The number of nitrogens with zero attached hydrogens (tertiary/aromatic N) is 1. The van der Waals surface area contributed by atoms with Crippen LogP contribution in [-0.2, 0) is 17.9 Å². The van der Waals surface area contributed by atoms with Gasteiger partial charge in [0.2, 0.25) is 5.91 Å². The van der Waals surface area contributed by atoms with E-state index >= 15 is 0 Å². The van der Waals surface area contributed by atoms with E-state index in [4.69, 9.17) is 0 Å². The van der Waals surface area contributed by atoms with Gasteiger partial charge in [0, 0.05) is 24.6 Å². The first-order valence-corrected chi connectivity index (χ1v) is 10.4. The second-order valence-electron chi connectivity index (χ2n) is 7.34. The van der Waals surface area contributed by atoms with E-state index in [0.29, 0.717) is 25.9 Å². The average Bonchev–Trinajstić information content (AvgIpc) is 3.18. The summed E-state index contributed by atoms with van der Waals surface area (Å²) in [6, 6.07) is 17.3. The molecule has 3 amide bonds. The van der Waals surface area contributed by atoms with Crippen LogP contribution in [-0.4, -0.2) is 29.4 Å². The zero-order chi connectivity index (χ0) is 20.0. The predicted octanol–water partition coefficient (Wildman–Crippen LogP) is 4.22. The Morgan fingerprint density at radius 1 is 1.04 bits per heavy atom. The van der Waals surface area contributed by atoms with Crippen LogP contribution < -0.4 is 10.6 Å². The van der Waals surface area contributed by atoms with Crippen molar-refractivity contribution in [3.05, 3.63) is 70.2 Å². The Kier molecular flexibility index (Phi) is 6.73. The molecule has 2 N–H and O–H groups in total. The molecule has 0 unspecified atom stereocenters. The fourth-order valence-electron chi connectivity index (χ4n) is 3.73. The second kappa shape index (κ2) is 9.24. The molecule has 0 spiro atoms. The highest BCUT2D eigenvalue weighted by Gasteiger charge is 2.44. The van der Waals surface area contributed by atoms with E-state index in [0.717, 1.165) is 28.4 Å². The minimum atomic E-state index is -0.823. The number of carbonyl (C=O) groups excluding carboxylic acids is 2. The number of nitrogens with one attached hydrogen (secondary N) is 2. The Bertz CT molecular complexity index is 820. The Balaban J connectivity index is 1.64. The summed E-state index contributed by atoms with van der Waals surface area (Å²) < 4.78 is 0.976. The zero-order valence-corrected chi connectivity index (χ0v) is 17.7. The zero-order valence-electron chi connectivity index (χ0n) is 16.1. The standard InChI is InChI=1S/C22H26BrN3O2/c1-26(16-18-11-5-6-12-19(18)23)20(27)22(13-7-8-14-22)25-21(28)24-15-17-9-3-2-4-10-17/h2-6,9-12H,7-8,13-16H2,1H3,(H2,24,25,28). The van der Waals surface area contributed by atoms with Crippen LogP contribution in [0.5, 0.6) is 0 Å². The third-order valence-electron chi connectivity index (χ3n) is 5.23. The predicted molar refractivity (Wildman–Crippen MR) is 114 cm³/mol. The van der Waals surface area contributed by atoms with Gasteiger partial charge in [-0.1, -0.05) is 77.3 Å². The number of urea groups is 1. The molecule has 0 heterocycles. The first-order valence-electron chi connectivity index (χ1n) is 9.59. The van der Waals surface area contributed by atoms with Crippen molar-refractivity contribution in [1.29, 1.82) is 0 Å². The normalized spacial score (nSPS) is 15.1. The maximum atomic E-state index is 13.3. The van der Waals surface area contributed by atoms with Crippen molar-refractivity contribution in [1.82, 2.24) is 15.5 Å². The summed E-state index contributed by atoms with van der Waals surface area (Å²) in [7, 11) is 1.80. The first-order chi connectivity index (χ1) is 13.5. The Morgan fingerprint density at radius 3 is 2.36 bits per heavy atom. The van der Waals surface area contributed by atoms with E-state index in [-0.39, 0.29) is 11.9 Å². The molecule has 0 bridgehead atoms. The summed E-state index contributed by atoms with van der Waals surface area (Å²) in [5.41, 5.74) is 1.24. The van der Waals surface area contributed by atoms with Gasteiger partial charge in [0.15, 0.2) is 0 Å². The number of carbonyl (C=O) groups is 2. The molecule has 1 saturated carbocycles. The SMILES string of the molecule is CN(Cc1ccccc1Br)C(=O)C1(NC(=O)NCc2ccccc2)CCCC1. The highest BCUT2D eigenvalue weighted by Crippen LogP contribution is 2.32. The summed E-state index contributed by atoms with van der Waals surface area (Å²) in [5, 5.41) is 5.87. The van der Waals surface area contributed by atoms with E-state index < -0.39 is 5.54 Å². The maximum absolute atomic E-state index is 13.3. The lowest BCUT2D eigenvalue weighted by Gasteiger charge is -2.33. The molecule has 1 aliphatic rings. The summed E-state index contributed by atoms with van der Waals surface area (Å²) in [4.78, 5) is 27.5. The van der Waals surface area contributed by atoms with Crippen molar-refractivity contribution in [2.45, 2.75) is 44.3 Å². The molecule has 0 radical (unpaired) electrons. The van der Waals surface area contributed by atoms with E-state index in [2.05, 4.69) is 26.6 Å². The summed E-state index contributed by atoms with van der Waals surface area (Å²) in [5.74, 6) is -0.0318. The van der Waals surface area contributed by atoms with Crippen LogP contribution in [0.4, 0.5) is 4.79 Å². The first kappa shape index (κ1) is 20.4. The maximum Gasteiger partial charge on any atom is 0.315 e. The topological polar surface area (TPSA) is 61.4 Å². The summed E-state index contributed by atoms with van der Waals surface area (Å²) >= 11 is 3.54. The summed E-state index contributed by atoms with van der Waals surface area (Å²) in [6.45, 7) is 0.930. The number of hydrogen-bond donors (Lipinski definition) is 2. The monoisotopic (exact) mass is 443 g/mol. The average molecular weight is 444 g/mol. The lowest BCUT2D eigenvalue weighted by Crippen LogP contribution is -2.59. The highest BCUT2D eigenvalue weighted by molar-refractivity contribution is 9.10. The van der Waals surface area contributed by atoms with E-state index in [1.807, 2.05) is 54.6 Å². The van der Waals surface area contributed by atoms with Crippen LogP contribution in [0.15, 0.2) is 59.1 Å². The third kappa shape index (κ3) is 4.93. The number of halogens is 1. The molecular weight excluding hydrogens is 418 g/mol.